The minimum absolute atomic E-state index is 0.0328. The van der Waals surface area contributed by atoms with E-state index in [9.17, 15) is 9.59 Å². The lowest BCUT2D eigenvalue weighted by atomic mass is 10.1. The van der Waals surface area contributed by atoms with Gasteiger partial charge in [0, 0.05) is 24.7 Å². The summed E-state index contributed by atoms with van der Waals surface area (Å²) >= 11 is 5.91. The summed E-state index contributed by atoms with van der Waals surface area (Å²) in [7, 11) is 3.33. The number of allylic oxidation sites excluding steroid dienone is 1. The van der Waals surface area contributed by atoms with Gasteiger partial charge in [-0.2, -0.15) is 0 Å². The average Bonchev–Trinajstić information content (AvgIpc) is 2.58. The van der Waals surface area contributed by atoms with E-state index in [-0.39, 0.29) is 18.3 Å². The normalized spacial score (nSPS) is 10.6. The van der Waals surface area contributed by atoms with Crippen LogP contribution in [0, 0.1) is 0 Å². The predicted octanol–water partition coefficient (Wildman–Crippen LogP) is 3.70. The van der Waals surface area contributed by atoms with Crippen LogP contribution in [0.5, 0.6) is 5.75 Å². The molecule has 0 radical (unpaired) electrons. The first kappa shape index (κ1) is 17.8. The maximum atomic E-state index is 12.1. The van der Waals surface area contributed by atoms with Gasteiger partial charge in [0.15, 0.2) is 12.4 Å². The highest BCUT2D eigenvalue weighted by Crippen LogP contribution is 2.15. The Kier molecular flexibility index (Phi) is 6.15. The fourth-order valence-electron chi connectivity index (χ4n) is 1.87. The number of hydrogen-bond acceptors (Lipinski definition) is 3. The third-order valence-electron chi connectivity index (χ3n) is 3.28. The monoisotopic (exact) mass is 343 g/mol. The lowest BCUT2D eigenvalue weighted by molar-refractivity contribution is -0.130. The second-order valence-corrected chi connectivity index (χ2v) is 5.79. The zero-order valence-corrected chi connectivity index (χ0v) is 14.3. The number of ether oxygens (including phenoxy) is 1. The lowest BCUT2D eigenvalue weighted by Gasteiger charge is -2.11. The van der Waals surface area contributed by atoms with Gasteiger partial charge >= 0.3 is 0 Å². The van der Waals surface area contributed by atoms with Gasteiger partial charge in [-0.15, -0.1) is 0 Å². The maximum Gasteiger partial charge on any atom is 0.259 e. The summed E-state index contributed by atoms with van der Waals surface area (Å²) in [6.45, 7) is -0.0328. The first-order valence-corrected chi connectivity index (χ1v) is 7.74. The topological polar surface area (TPSA) is 46.6 Å². The molecule has 0 fully saturated rings. The van der Waals surface area contributed by atoms with E-state index >= 15 is 0 Å². The molecule has 5 heteroatoms. The number of rotatable bonds is 6. The smallest absolute Gasteiger partial charge is 0.259 e. The molecular formula is C19H18ClNO3. The van der Waals surface area contributed by atoms with Gasteiger partial charge in [-0.1, -0.05) is 29.8 Å². The van der Waals surface area contributed by atoms with Crippen LogP contribution in [0.3, 0.4) is 0 Å². The molecule has 2 rings (SSSR count). The Labute approximate surface area is 146 Å². The number of amides is 1. The largest absolute Gasteiger partial charge is 0.484 e. The van der Waals surface area contributed by atoms with Gasteiger partial charge in [0.25, 0.3) is 5.91 Å². The predicted molar refractivity (Wildman–Crippen MR) is 95.4 cm³/mol. The van der Waals surface area contributed by atoms with Gasteiger partial charge < -0.3 is 9.64 Å². The van der Waals surface area contributed by atoms with E-state index in [1.54, 1.807) is 56.6 Å². The summed E-state index contributed by atoms with van der Waals surface area (Å²) in [6.07, 6.45) is 3.21. The number of hydrogen-bond donors (Lipinski definition) is 0. The molecule has 2 aromatic carbocycles. The fourth-order valence-corrected chi connectivity index (χ4v) is 2.07. The number of halogens is 1. The SMILES string of the molecule is CN(C)C(=O)COc1ccc(C(=O)/C=C/c2cccc(Cl)c2)cc1. The molecule has 124 valence electrons. The van der Waals surface area contributed by atoms with Crippen LogP contribution in [0.15, 0.2) is 54.6 Å². The van der Waals surface area contributed by atoms with E-state index in [4.69, 9.17) is 16.3 Å². The molecule has 0 atom stereocenters. The average molecular weight is 344 g/mol. The zero-order chi connectivity index (χ0) is 17.5. The van der Waals surface area contributed by atoms with Crippen molar-refractivity contribution in [1.29, 1.82) is 0 Å². The molecule has 0 saturated heterocycles. The number of carbonyl (C=O) groups excluding carboxylic acids is 2. The van der Waals surface area contributed by atoms with Crippen LogP contribution in [0.25, 0.3) is 6.08 Å². The van der Waals surface area contributed by atoms with Crippen molar-refractivity contribution in [3.63, 3.8) is 0 Å². The summed E-state index contributed by atoms with van der Waals surface area (Å²) in [4.78, 5) is 25.1. The Balaban J connectivity index is 1.97. The van der Waals surface area contributed by atoms with E-state index in [2.05, 4.69) is 0 Å². The minimum Gasteiger partial charge on any atom is -0.484 e. The molecule has 0 N–H and O–H groups in total. The number of nitrogens with zero attached hydrogens (tertiary/aromatic N) is 1. The summed E-state index contributed by atoms with van der Waals surface area (Å²) in [6, 6.07) is 13.9. The molecule has 0 aliphatic heterocycles. The van der Waals surface area contributed by atoms with Crippen LogP contribution in [-0.2, 0) is 4.79 Å². The van der Waals surface area contributed by atoms with Crippen molar-refractivity contribution in [3.05, 3.63) is 70.8 Å². The summed E-state index contributed by atoms with van der Waals surface area (Å²) in [5.74, 6) is 0.297. The number of benzene rings is 2. The highest BCUT2D eigenvalue weighted by atomic mass is 35.5. The molecule has 0 heterocycles. The van der Waals surface area contributed by atoms with Crippen molar-refractivity contribution in [2.45, 2.75) is 0 Å². The molecule has 4 nitrogen and oxygen atoms in total. The molecule has 1 amide bonds. The highest BCUT2D eigenvalue weighted by molar-refractivity contribution is 6.30. The Bertz CT molecular complexity index is 751. The van der Waals surface area contributed by atoms with Crippen molar-refractivity contribution in [3.8, 4) is 5.75 Å². The van der Waals surface area contributed by atoms with E-state index in [0.29, 0.717) is 16.3 Å². The first-order valence-electron chi connectivity index (χ1n) is 7.37. The summed E-state index contributed by atoms with van der Waals surface area (Å²) in [5, 5.41) is 0.623. The third kappa shape index (κ3) is 5.25. The van der Waals surface area contributed by atoms with Gasteiger partial charge in [0.1, 0.15) is 5.75 Å². The summed E-state index contributed by atoms with van der Waals surface area (Å²) < 4.78 is 5.37. The first-order chi connectivity index (χ1) is 11.5. The lowest BCUT2D eigenvalue weighted by Crippen LogP contribution is -2.27. The highest BCUT2D eigenvalue weighted by Gasteiger charge is 2.06. The number of likely N-dealkylation sites (N-methyl/N-ethyl adjacent to an activating group) is 1. The summed E-state index contributed by atoms with van der Waals surface area (Å²) in [5.41, 5.74) is 1.40. The van der Waals surface area contributed by atoms with Gasteiger partial charge in [-0.05, 0) is 48.0 Å². The van der Waals surface area contributed by atoms with Gasteiger partial charge in [-0.25, -0.2) is 0 Å². The molecule has 0 spiro atoms. The Morgan fingerprint density at radius 3 is 2.46 bits per heavy atom. The van der Waals surface area contributed by atoms with Crippen molar-refractivity contribution < 1.29 is 14.3 Å². The second-order valence-electron chi connectivity index (χ2n) is 5.35. The van der Waals surface area contributed by atoms with E-state index < -0.39 is 0 Å². The Morgan fingerprint density at radius 1 is 1.12 bits per heavy atom. The van der Waals surface area contributed by atoms with Gasteiger partial charge in [-0.3, -0.25) is 9.59 Å². The van der Waals surface area contributed by atoms with Crippen LogP contribution in [-0.4, -0.2) is 37.3 Å². The van der Waals surface area contributed by atoms with Crippen LogP contribution in [0.2, 0.25) is 5.02 Å². The van der Waals surface area contributed by atoms with Crippen LogP contribution < -0.4 is 4.74 Å². The number of carbonyl (C=O) groups is 2. The van der Waals surface area contributed by atoms with Crippen molar-refractivity contribution >= 4 is 29.4 Å². The number of ketones is 1. The molecular weight excluding hydrogens is 326 g/mol. The molecule has 0 aromatic heterocycles. The maximum absolute atomic E-state index is 12.1. The standard InChI is InChI=1S/C19H18ClNO3/c1-21(2)19(23)13-24-17-9-7-15(8-10-17)18(22)11-6-14-4-3-5-16(20)12-14/h3-12H,13H2,1-2H3/b11-6+. The van der Waals surface area contributed by atoms with Crippen LogP contribution in [0.1, 0.15) is 15.9 Å². The van der Waals surface area contributed by atoms with Crippen molar-refractivity contribution in [1.82, 2.24) is 4.90 Å². The molecule has 0 bridgehead atoms. The molecule has 0 aliphatic rings. The van der Waals surface area contributed by atoms with E-state index in [0.717, 1.165) is 5.56 Å². The van der Waals surface area contributed by atoms with E-state index in [1.165, 1.54) is 11.0 Å². The molecule has 2 aromatic rings. The quantitative estimate of drug-likeness (QED) is 0.593. The van der Waals surface area contributed by atoms with Crippen LogP contribution in [0.4, 0.5) is 0 Å². The molecule has 0 aliphatic carbocycles. The Hall–Kier alpha value is -2.59. The van der Waals surface area contributed by atoms with E-state index in [1.807, 2.05) is 12.1 Å². The van der Waals surface area contributed by atoms with Crippen LogP contribution >= 0.6 is 11.6 Å². The zero-order valence-electron chi connectivity index (χ0n) is 13.5. The third-order valence-corrected chi connectivity index (χ3v) is 3.51. The van der Waals surface area contributed by atoms with Crippen molar-refractivity contribution in [2.24, 2.45) is 0 Å². The van der Waals surface area contributed by atoms with Gasteiger partial charge in [0.2, 0.25) is 0 Å². The molecule has 0 saturated carbocycles. The Morgan fingerprint density at radius 2 is 1.83 bits per heavy atom. The minimum atomic E-state index is -0.125. The fraction of sp³-hybridized carbons (Fsp3) is 0.158. The van der Waals surface area contributed by atoms with Gasteiger partial charge in [0.05, 0.1) is 0 Å². The second kappa shape index (κ2) is 8.31. The molecule has 0 unspecified atom stereocenters. The molecule has 24 heavy (non-hydrogen) atoms. The van der Waals surface area contributed by atoms with Crippen molar-refractivity contribution in [2.75, 3.05) is 20.7 Å².